The third kappa shape index (κ3) is 5.16. The second kappa shape index (κ2) is 9.70. The number of hydrogen-bond acceptors (Lipinski definition) is 4. The molecule has 0 spiro atoms. The summed E-state index contributed by atoms with van der Waals surface area (Å²) >= 11 is 6.28. The minimum atomic E-state index is 0.124. The summed E-state index contributed by atoms with van der Waals surface area (Å²) in [6, 6.07) is 12.2. The normalized spacial score (nSPS) is 20.6. The molecule has 1 aromatic carbocycles. The van der Waals surface area contributed by atoms with Gasteiger partial charge in [-0.15, -0.1) is 0 Å². The van der Waals surface area contributed by atoms with Gasteiger partial charge in [0.05, 0.1) is 25.8 Å². The molecule has 2 aromatic rings. The number of hydrogen-bond donors (Lipinski definition) is 0. The zero-order valence-electron chi connectivity index (χ0n) is 16.7. The van der Waals surface area contributed by atoms with Crippen molar-refractivity contribution in [1.29, 1.82) is 0 Å². The van der Waals surface area contributed by atoms with Gasteiger partial charge in [-0.2, -0.15) is 0 Å². The van der Waals surface area contributed by atoms with Gasteiger partial charge in [0.1, 0.15) is 0 Å². The highest BCUT2D eigenvalue weighted by molar-refractivity contribution is 6.31. The molecule has 0 radical (unpaired) electrons. The number of amides is 1. The number of rotatable bonds is 5. The van der Waals surface area contributed by atoms with Crippen LogP contribution in [0.1, 0.15) is 42.1 Å². The average molecular weight is 414 g/mol. The summed E-state index contributed by atoms with van der Waals surface area (Å²) < 4.78 is 5.40. The molecule has 3 heterocycles. The van der Waals surface area contributed by atoms with E-state index >= 15 is 0 Å². The molecule has 2 aliphatic heterocycles. The molecule has 0 aliphatic carbocycles. The molecule has 0 saturated carbocycles. The molecule has 29 heavy (non-hydrogen) atoms. The molecule has 0 bridgehead atoms. The number of pyridine rings is 1. The lowest BCUT2D eigenvalue weighted by Gasteiger charge is -2.37. The maximum atomic E-state index is 13.0. The van der Waals surface area contributed by atoms with Crippen LogP contribution in [0.4, 0.5) is 0 Å². The van der Waals surface area contributed by atoms with E-state index in [0.29, 0.717) is 26.2 Å². The molecule has 2 fully saturated rings. The Kier molecular flexibility index (Phi) is 6.80. The SMILES string of the molecule is O=C(CN1CCOCC1)N1CCCC[C@H]1c1ccc(Cc2ccccc2Cl)nc1. The van der Waals surface area contributed by atoms with E-state index in [1.165, 1.54) is 0 Å². The first kappa shape index (κ1) is 20.3. The second-order valence-electron chi connectivity index (χ2n) is 7.84. The Hall–Kier alpha value is -1.95. The van der Waals surface area contributed by atoms with Crippen LogP contribution in [0, 0.1) is 0 Å². The van der Waals surface area contributed by atoms with E-state index in [0.717, 1.165) is 60.7 Å². The molecule has 5 nitrogen and oxygen atoms in total. The highest BCUT2D eigenvalue weighted by Crippen LogP contribution is 2.31. The second-order valence-corrected chi connectivity index (χ2v) is 8.25. The van der Waals surface area contributed by atoms with Crippen molar-refractivity contribution < 1.29 is 9.53 Å². The molecule has 4 rings (SSSR count). The summed E-state index contributed by atoms with van der Waals surface area (Å²) in [5, 5.41) is 0.769. The van der Waals surface area contributed by atoms with Gasteiger partial charge < -0.3 is 9.64 Å². The summed E-state index contributed by atoms with van der Waals surface area (Å²) in [7, 11) is 0. The van der Waals surface area contributed by atoms with Crippen molar-refractivity contribution in [2.45, 2.75) is 31.7 Å². The number of nitrogens with zero attached hydrogens (tertiary/aromatic N) is 3. The molecule has 6 heteroatoms. The first-order valence-electron chi connectivity index (χ1n) is 10.5. The Labute approximate surface area is 177 Å². The van der Waals surface area contributed by atoms with Crippen molar-refractivity contribution in [2.24, 2.45) is 0 Å². The lowest BCUT2D eigenvalue weighted by molar-refractivity contribution is -0.137. The number of carbonyl (C=O) groups excluding carboxylic acids is 1. The highest BCUT2D eigenvalue weighted by atomic mass is 35.5. The summed E-state index contributed by atoms with van der Waals surface area (Å²) in [5.74, 6) is 0.219. The average Bonchev–Trinajstić information content (AvgIpc) is 2.77. The third-order valence-electron chi connectivity index (χ3n) is 5.85. The van der Waals surface area contributed by atoms with Crippen molar-refractivity contribution in [3.8, 4) is 0 Å². The number of aromatic nitrogens is 1. The van der Waals surface area contributed by atoms with Crippen LogP contribution in [0.25, 0.3) is 0 Å². The van der Waals surface area contributed by atoms with E-state index in [1.807, 2.05) is 30.5 Å². The molecule has 1 amide bonds. The van der Waals surface area contributed by atoms with Gasteiger partial charge in [0.25, 0.3) is 0 Å². The van der Waals surface area contributed by atoms with Gasteiger partial charge in [0, 0.05) is 43.0 Å². The molecule has 1 aromatic heterocycles. The van der Waals surface area contributed by atoms with E-state index in [-0.39, 0.29) is 11.9 Å². The molecule has 2 saturated heterocycles. The van der Waals surface area contributed by atoms with Gasteiger partial charge in [0.2, 0.25) is 5.91 Å². The van der Waals surface area contributed by atoms with Crippen LogP contribution in [-0.4, -0.2) is 60.1 Å². The zero-order chi connectivity index (χ0) is 20.1. The Bertz CT molecular complexity index is 821. The maximum Gasteiger partial charge on any atom is 0.237 e. The monoisotopic (exact) mass is 413 g/mol. The Morgan fingerprint density at radius 3 is 2.69 bits per heavy atom. The summed E-state index contributed by atoms with van der Waals surface area (Å²) in [4.78, 5) is 21.9. The zero-order valence-corrected chi connectivity index (χ0v) is 17.5. The van der Waals surface area contributed by atoms with Gasteiger partial charge in [-0.1, -0.05) is 35.9 Å². The van der Waals surface area contributed by atoms with Crippen LogP contribution in [-0.2, 0) is 16.0 Å². The number of likely N-dealkylation sites (tertiary alicyclic amines) is 1. The predicted octanol–water partition coefficient (Wildman–Crippen LogP) is 3.71. The molecule has 2 aliphatic rings. The first-order valence-corrected chi connectivity index (χ1v) is 10.9. The molecule has 0 unspecified atom stereocenters. The van der Waals surface area contributed by atoms with Crippen molar-refractivity contribution in [1.82, 2.24) is 14.8 Å². The number of piperidine rings is 1. The van der Waals surface area contributed by atoms with Crippen LogP contribution >= 0.6 is 11.6 Å². The molecular formula is C23H28ClN3O2. The number of ether oxygens (including phenoxy) is 1. The van der Waals surface area contributed by atoms with Crippen molar-refractivity contribution in [3.05, 3.63) is 64.4 Å². The fourth-order valence-corrected chi connectivity index (χ4v) is 4.40. The summed E-state index contributed by atoms with van der Waals surface area (Å²) in [6.45, 7) is 4.42. The predicted molar refractivity (Wildman–Crippen MR) is 114 cm³/mol. The number of benzene rings is 1. The van der Waals surface area contributed by atoms with Crippen molar-refractivity contribution in [2.75, 3.05) is 39.4 Å². The van der Waals surface area contributed by atoms with Crippen LogP contribution in [0.2, 0.25) is 5.02 Å². The Morgan fingerprint density at radius 2 is 1.93 bits per heavy atom. The van der Waals surface area contributed by atoms with Gasteiger partial charge in [-0.25, -0.2) is 0 Å². The molecule has 154 valence electrons. The topological polar surface area (TPSA) is 45.7 Å². The van der Waals surface area contributed by atoms with Gasteiger partial charge >= 0.3 is 0 Å². The molecule has 1 atom stereocenters. The molecule has 0 N–H and O–H groups in total. The van der Waals surface area contributed by atoms with Crippen LogP contribution in [0.5, 0.6) is 0 Å². The summed E-state index contributed by atoms with van der Waals surface area (Å²) in [6.07, 6.45) is 5.87. The van der Waals surface area contributed by atoms with E-state index in [9.17, 15) is 4.79 Å². The lowest BCUT2D eigenvalue weighted by atomic mass is 9.95. The van der Waals surface area contributed by atoms with Gasteiger partial charge in [-0.05, 0) is 42.5 Å². The van der Waals surface area contributed by atoms with Crippen molar-refractivity contribution >= 4 is 17.5 Å². The minimum Gasteiger partial charge on any atom is -0.379 e. The van der Waals surface area contributed by atoms with Crippen LogP contribution < -0.4 is 0 Å². The van der Waals surface area contributed by atoms with Crippen LogP contribution in [0.15, 0.2) is 42.6 Å². The number of carbonyl (C=O) groups is 1. The van der Waals surface area contributed by atoms with Crippen LogP contribution in [0.3, 0.4) is 0 Å². The van der Waals surface area contributed by atoms with E-state index in [2.05, 4.69) is 26.9 Å². The lowest BCUT2D eigenvalue weighted by Crippen LogP contribution is -2.47. The minimum absolute atomic E-state index is 0.124. The molecular weight excluding hydrogens is 386 g/mol. The fourth-order valence-electron chi connectivity index (χ4n) is 4.19. The number of morpholine rings is 1. The van der Waals surface area contributed by atoms with E-state index in [4.69, 9.17) is 16.3 Å². The first-order chi connectivity index (χ1) is 14.2. The van der Waals surface area contributed by atoms with E-state index < -0.39 is 0 Å². The maximum absolute atomic E-state index is 13.0. The third-order valence-corrected chi connectivity index (χ3v) is 6.22. The quantitative estimate of drug-likeness (QED) is 0.749. The fraction of sp³-hybridized carbons (Fsp3) is 0.478. The smallest absolute Gasteiger partial charge is 0.237 e. The summed E-state index contributed by atoms with van der Waals surface area (Å²) in [5.41, 5.74) is 3.20. The highest BCUT2D eigenvalue weighted by Gasteiger charge is 2.29. The van der Waals surface area contributed by atoms with Gasteiger partial charge in [0.15, 0.2) is 0 Å². The van der Waals surface area contributed by atoms with E-state index in [1.54, 1.807) is 0 Å². The number of halogens is 1. The van der Waals surface area contributed by atoms with Crippen molar-refractivity contribution in [3.63, 3.8) is 0 Å². The Morgan fingerprint density at radius 1 is 1.10 bits per heavy atom. The Balaban J connectivity index is 1.43. The largest absolute Gasteiger partial charge is 0.379 e. The van der Waals surface area contributed by atoms with Gasteiger partial charge in [-0.3, -0.25) is 14.7 Å². The standard InChI is InChI=1S/C23H28ClN3O2/c24-21-6-2-1-5-18(21)15-20-9-8-19(16-25-20)22-7-3-4-10-27(22)23(28)17-26-11-13-29-14-12-26/h1-2,5-6,8-9,16,22H,3-4,7,10-15,17H2/t22-/m0/s1.